The first-order chi connectivity index (χ1) is 16.7. The van der Waals surface area contributed by atoms with Crippen molar-refractivity contribution in [2.45, 2.75) is 52.7 Å². The van der Waals surface area contributed by atoms with Gasteiger partial charge in [0.2, 0.25) is 0 Å². The molecule has 0 spiro atoms. The highest BCUT2D eigenvalue weighted by Crippen LogP contribution is 2.20. The zero-order chi connectivity index (χ0) is 27.1. The van der Waals surface area contributed by atoms with Gasteiger partial charge in [0.1, 0.15) is 11.2 Å². The maximum atomic E-state index is 13.9. The van der Waals surface area contributed by atoms with E-state index < -0.39 is 23.4 Å². The lowest BCUT2D eigenvalue weighted by molar-refractivity contribution is 0.0139. The van der Waals surface area contributed by atoms with Gasteiger partial charge in [-0.05, 0) is 53.7 Å². The number of amides is 3. The summed E-state index contributed by atoms with van der Waals surface area (Å²) in [4.78, 5) is 40.6. The molecule has 0 aromatic heterocycles. The van der Waals surface area contributed by atoms with Crippen molar-refractivity contribution in [2.24, 2.45) is 0 Å². The Morgan fingerprint density at radius 1 is 0.806 bits per heavy atom. The van der Waals surface area contributed by atoms with E-state index in [0.717, 1.165) is 26.2 Å². The lowest BCUT2D eigenvalue weighted by Gasteiger charge is -2.35. The summed E-state index contributed by atoms with van der Waals surface area (Å²) < 4.78 is 24.5. The topological polar surface area (TPSA) is 91.4 Å². The molecule has 202 valence electrons. The fourth-order valence-electron chi connectivity index (χ4n) is 3.43. The number of piperazine rings is 2. The monoisotopic (exact) mass is 528 g/mol. The van der Waals surface area contributed by atoms with Gasteiger partial charge in [0.15, 0.2) is 5.82 Å². The number of hydrogen-bond donors (Lipinski definition) is 1. The van der Waals surface area contributed by atoms with Crippen LogP contribution in [0.25, 0.3) is 0 Å². The first-order valence-electron chi connectivity index (χ1n) is 12.1. The molecule has 0 saturated carbocycles. The molecule has 2 aliphatic heterocycles. The predicted octanol–water partition coefficient (Wildman–Crippen LogP) is 4.00. The summed E-state index contributed by atoms with van der Waals surface area (Å²) in [5.74, 6) is -1.14. The number of carbonyl (C=O) groups excluding carboxylic acids is 3. The average Bonchev–Trinajstić information content (AvgIpc) is 2.79. The van der Waals surface area contributed by atoms with Gasteiger partial charge in [-0.2, -0.15) is 0 Å². The molecule has 0 unspecified atom stereocenters. The smallest absolute Gasteiger partial charge is 0.410 e. The predicted molar refractivity (Wildman–Crippen MR) is 136 cm³/mol. The summed E-state index contributed by atoms with van der Waals surface area (Å²) in [5.41, 5.74) is -1.00. The molecule has 2 saturated heterocycles. The molecule has 1 aromatic carbocycles. The molecule has 36 heavy (non-hydrogen) atoms. The number of halogens is 2. The summed E-state index contributed by atoms with van der Waals surface area (Å²) >= 11 is 5.71. The normalized spacial score (nSPS) is 16.6. The van der Waals surface area contributed by atoms with E-state index in [1.165, 1.54) is 23.1 Å². The van der Waals surface area contributed by atoms with Crippen LogP contribution in [0.4, 0.5) is 14.0 Å². The molecule has 3 rings (SSSR count). The summed E-state index contributed by atoms with van der Waals surface area (Å²) in [6.07, 6.45) is -0.604. The Balaban J connectivity index is 0.000000297. The van der Waals surface area contributed by atoms with E-state index in [1.54, 1.807) is 30.6 Å². The SMILES string of the molecule is CC(C)(C)OC(=O)N1CCN(C(=O)c2cccc(Cl)c2F)CC1.CC(C)(C)OC(=O)N1CCNCC1. The molecule has 1 N–H and O–H groups in total. The van der Waals surface area contributed by atoms with Crippen molar-refractivity contribution in [2.75, 3.05) is 52.4 Å². The minimum Gasteiger partial charge on any atom is -0.444 e. The van der Waals surface area contributed by atoms with E-state index in [1.807, 2.05) is 20.8 Å². The Morgan fingerprint density at radius 2 is 1.25 bits per heavy atom. The highest BCUT2D eigenvalue weighted by atomic mass is 35.5. The van der Waals surface area contributed by atoms with E-state index in [0.29, 0.717) is 26.2 Å². The molecule has 3 amide bonds. The first kappa shape index (κ1) is 29.6. The molecule has 0 atom stereocenters. The zero-order valence-corrected chi connectivity index (χ0v) is 22.8. The Bertz CT molecular complexity index is 918. The van der Waals surface area contributed by atoms with Crippen LogP contribution >= 0.6 is 11.6 Å². The molecule has 0 aliphatic carbocycles. The van der Waals surface area contributed by atoms with Crippen molar-refractivity contribution < 1.29 is 28.2 Å². The second-order valence-electron chi connectivity index (χ2n) is 10.6. The van der Waals surface area contributed by atoms with E-state index in [4.69, 9.17) is 21.1 Å². The van der Waals surface area contributed by atoms with E-state index in [2.05, 4.69) is 5.32 Å². The van der Waals surface area contributed by atoms with Crippen LogP contribution in [-0.4, -0.2) is 96.4 Å². The van der Waals surface area contributed by atoms with E-state index in [-0.39, 0.29) is 22.3 Å². The van der Waals surface area contributed by atoms with Crippen molar-refractivity contribution in [3.63, 3.8) is 0 Å². The van der Waals surface area contributed by atoms with Crippen molar-refractivity contribution in [3.8, 4) is 0 Å². The fraction of sp³-hybridized carbons (Fsp3) is 0.640. The molecular weight excluding hydrogens is 491 g/mol. The standard InChI is InChI=1S/C16H20ClFN2O3.C9H18N2O2/c1-16(2,3)23-15(22)20-9-7-19(8-10-20)14(21)11-5-4-6-12(17)13(11)18;1-9(2,3)13-8(12)11-6-4-10-5-7-11/h4-6H,7-10H2,1-3H3;10H,4-7H2,1-3H3. The molecular formula is C25H38ClFN4O5. The molecule has 11 heteroatoms. The third-order valence-electron chi connectivity index (χ3n) is 5.17. The van der Waals surface area contributed by atoms with Gasteiger partial charge in [-0.3, -0.25) is 4.79 Å². The van der Waals surface area contributed by atoms with Gasteiger partial charge in [0.05, 0.1) is 10.6 Å². The molecule has 2 fully saturated rings. The van der Waals surface area contributed by atoms with Gasteiger partial charge >= 0.3 is 12.2 Å². The van der Waals surface area contributed by atoms with Gasteiger partial charge in [0, 0.05) is 52.4 Å². The van der Waals surface area contributed by atoms with Crippen molar-refractivity contribution in [1.82, 2.24) is 20.0 Å². The van der Waals surface area contributed by atoms with Crippen LogP contribution in [0.5, 0.6) is 0 Å². The maximum absolute atomic E-state index is 13.9. The van der Waals surface area contributed by atoms with Crippen molar-refractivity contribution in [3.05, 3.63) is 34.6 Å². The lowest BCUT2D eigenvalue weighted by atomic mass is 10.1. The minimum atomic E-state index is -0.714. The summed E-state index contributed by atoms with van der Waals surface area (Å²) in [5, 5.41) is 3.10. The summed E-state index contributed by atoms with van der Waals surface area (Å²) in [6.45, 7) is 15.6. The van der Waals surface area contributed by atoms with Gasteiger partial charge in [-0.15, -0.1) is 0 Å². The van der Waals surface area contributed by atoms with Crippen LogP contribution in [0.2, 0.25) is 5.02 Å². The Hall–Kier alpha value is -2.59. The minimum absolute atomic E-state index is 0.0526. The van der Waals surface area contributed by atoms with Gasteiger partial charge < -0.3 is 29.5 Å². The first-order valence-corrected chi connectivity index (χ1v) is 12.5. The number of benzene rings is 1. The second-order valence-corrected chi connectivity index (χ2v) is 11.0. The summed E-state index contributed by atoms with van der Waals surface area (Å²) in [6, 6.07) is 4.34. The maximum Gasteiger partial charge on any atom is 0.410 e. The van der Waals surface area contributed by atoms with Crippen LogP contribution in [0, 0.1) is 5.82 Å². The molecule has 2 aliphatic rings. The highest BCUT2D eigenvalue weighted by Gasteiger charge is 2.29. The zero-order valence-electron chi connectivity index (χ0n) is 22.0. The van der Waals surface area contributed by atoms with Crippen LogP contribution in [-0.2, 0) is 9.47 Å². The number of carbonyl (C=O) groups is 3. The Kier molecular flexibility index (Phi) is 10.4. The van der Waals surface area contributed by atoms with Crippen LogP contribution < -0.4 is 5.32 Å². The molecule has 2 heterocycles. The summed E-state index contributed by atoms with van der Waals surface area (Å²) in [7, 11) is 0. The van der Waals surface area contributed by atoms with Gasteiger partial charge in [-0.1, -0.05) is 17.7 Å². The van der Waals surface area contributed by atoms with Crippen molar-refractivity contribution in [1.29, 1.82) is 0 Å². The molecule has 9 nitrogen and oxygen atoms in total. The fourth-order valence-corrected chi connectivity index (χ4v) is 3.61. The quantitative estimate of drug-likeness (QED) is 0.592. The Labute approximate surface area is 217 Å². The molecule has 0 radical (unpaired) electrons. The van der Waals surface area contributed by atoms with Gasteiger partial charge in [0.25, 0.3) is 5.91 Å². The van der Waals surface area contributed by atoms with E-state index >= 15 is 0 Å². The van der Waals surface area contributed by atoms with E-state index in [9.17, 15) is 18.8 Å². The number of rotatable bonds is 1. The Morgan fingerprint density at radius 3 is 1.72 bits per heavy atom. The number of hydrogen-bond acceptors (Lipinski definition) is 6. The molecule has 1 aromatic rings. The third-order valence-corrected chi connectivity index (χ3v) is 5.46. The van der Waals surface area contributed by atoms with Crippen LogP contribution in [0.15, 0.2) is 18.2 Å². The largest absolute Gasteiger partial charge is 0.444 e. The van der Waals surface area contributed by atoms with Crippen molar-refractivity contribution >= 4 is 29.7 Å². The number of nitrogens with one attached hydrogen (secondary N) is 1. The lowest BCUT2D eigenvalue weighted by Crippen LogP contribution is -2.51. The highest BCUT2D eigenvalue weighted by molar-refractivity contribution is 6.31. The van der Waals surface area contributed by atoms with Gasteiger partial charge in [-0.25, -0.2) is 14.0 Å². The number of nitrogens with zero attached hydrogens (tertiary/aromatic N) is 3. The number of ether oxygens (including phenoxy) is 2. The molecule has 0 bridgehead atoms. The third kappa shape index (κ3) is 9.46. The van der Waals surface area contributed by atoms with Crippen LogP contribution in [0.3, 0.4) is 0 Å². The average molecular weight is 529 g/mol. The second kappa shape index (κ2) is 12.6. The van der Waals surface area contributed by atoms with Crippen LogP contribution in [0.1, 0.15) is 51.9 Å².